The number of aliphatic carboxylic acids is 1. The maximum absolute atomic E-state index is 12.0. The molecule has 0 aromatic heterocycles. The van der Waals surface area contributed by atoms with E-state index in [9.17, 15) is 9.90 Å². The van der Waals surface area contributed by atoms with Crippen LogP contribution in [0.3, 0.4) is 0 Å². The predicted octanol–water partition coefficient (Wildman–Crippen LogP) is 5.63. The first-order valence-corrected chi connectivity index (χ1v) is 10.2. The number of fused-ring (bicyclic) bond motifs is 1. The van der Waals surface area contributed by atoms with Crippen molar-refractivity contribution in [2.24, 2.45) is 0 Å². The van der Waals surface area contributed by atoms with Crippen molar-refractivity contribution in [1.82, 2.24) is 4.90 Å². The molecule has 4 rings (SSSR count). The van der Waals surface area contributed by atoms with Crippen molar-refractivity contribution < 1.29 is 9.90 Å². The molecule has 0 saturated carbocycles. The van der Waals surface area contributed by atoms with Crippen molar-refractivity contribution in [3.05, 3.63) is 82.3 Å². The molecule has 27 heavy (non-hydrogen) atoms. The summed E-state index contributed by atoms with van der Waals surface area (Å²) < 4.78 is 1.02. The van der Waals surface area contributed by atoms with Gasteiger partial charge in [0.15, 0.2) is 0 Å². The summed E-state index contributed by atoms with van der Waals surface area (Å²) in [5, 5.41) is 12.2. The average molecular weight is 424 g/mol. The zero-order valence-electron chi connectivity index (χ0n) is 15.0. The second kappa shape index (κ2) is 7.83. The average Bonchev–Trinajstić information content (AvgIpc) is 2.70. The molecule has 0 radical (unpaired) electrons. The fourth-order valence-electron chi connectivity index (χ4n) is 4.21. The fourth-order valence-corrected chi connectivity index (χ4v) is 4.48. The number of carbonyl (C=O) groups is 1. The topological polar surface area (TPSA) is 40.5 Å². The van der Waals surface area contributed by atoms with Crippen LogP contribution in [-0.4, -0.2) is 28.6 Å². The number of carboxylic acid groups (broad SMARTS) is 1. The number of rotatable bonds is 4. The van der Waals surface area contributed by atoms with Gasteiger partial charge in [0.25, 0.3) is 0 Å². The highest BCUT2D eigenvalue weighted by atomic mass is 79.9. The van der Waals surface area contributed by atoms with Crippen LogP contribution in [0.4, 0.5) is 0 Å². The van der Waals surface area contributed by atoms with E-state index in [1.165, 1.54) is 16.3 Å². The van der Waals surface area contributed by atoms with Gasteiger partial charge in [-0.25, -0.2) is 0 Å². The third-order valence-corrected chi connectivity index (χ3v) is 5.99. The molecule has 0 spiro atoms. The summed E-state index contributed by atoms with van der Waals surface area (Å²) in [5.74, 6) is -0.725. The minimum Gasteiger partial charge on any atom is -0.480 e. The second-order valence-electron chi connectivity index (χ2n) is 7.11. The van der Waals surface area contributed by atoms with Crippen LogP contribution in [0.2, 0.25) is 0 Å². The maximum atomic E-state index is 12.0. The Morgan fingerprint density at radius 1 is 1.00 bits per heavy atom. The van der Waals surface area contributed by atoms with Gasteiger partial charge in [0.2, 0.25) is 0 Å². The zero-order valence-corrected chi connectivity index (χ0v) is 16.6. The lowest BCUT2D eigenvalue weighted by molar-refractivity contribution is -0.145. The molecule has 1 saturated heterocycles. The molecule has 1 heterocycles. The number of piperidine rings is 1. The molecule has 0 aliphatic carbocycles. The quantitative estimate of drug-likeness (QED) is 0.590. The van der Waals surface area contributed by atoms with E-state index >= 15 is 0 Å². The second-order valence-corrected chi connectivity index (χ2v) is 8.03. The van der Waals surface area contributed by atoms with Crippen molar-refractivity contribution in [2.75, 3.05) is 6.54 Å². The molecule has 1 fully saturated rings. The Bertz CT molecular complexity index is 949. The smallest absolute Gasteiger partial charge is 0.320 e. The van der Waals surface area contributed by atoms with Crippen molar-refractivity contribution in [3.63, 3.8) is 0 Å². The standard InChI is InChI=1S/C23H22BrNO2/c24-18-13-11-17(12-14-18)22(25-15-4-3-10-21(25)23(26)27)20-9-5-7-16-6-1-2-8-19(16)20/h1-2,5-9,11-14,21-22H,3-4,10,15H2,(H,26,27). The Hall–Kier alpha value is -2.17. The normalized spacial score (nSPS) is 19.1. The number of carboxylic acids is 1. The highest BCUT2D eigenvalue weighted by molar-refractivity contribution is 9.10. The lowest BCUT2D eigenvalue weighted by Gasteiger charge is -2.40. The molecule has 0 bridgehead atoms. The number of nitrogens with zero attached hydrogens (tertiary/aromatic N) is 1. The monoisotopic (exact) mass is 423 g/mol. The molecule has 4 heteroatoms. The lowest BCUT2D eigenvalue weighted by Crippen LogP contribution is -2.46. The summed E-state index contributed by atoms with van der Waals surface area (Å²) in [7, 11) is 0. The Balaban J connectivity index is 1.90. The van der Waals surface area contributed by atoms with Crippen molar-refractivity contribution >= 4 is 32.7 Å². The molecule has 1 aliphatic heterocycles. The van der Waals surface area contributed by atoms with Gasteiger partial charge in [-0.15, -0.1) is 0 Å². The fraction of sp³-hybridized carbons (Fsp3) is 0.261. The van der Waals surface area contributed by atoms with Gasteiger partial charge in [-0.05, 0) is 53.4 Å². The Morgan fingerprint density at radius 2 is 1.74 bits per heavy atom. The van der Waals surface area contributed by atoms with E-state index in [4.69, 9.17) is 0 Å². The number of likely N-dealkylation sites (tertiary alicyclic amines) is 1. The van der Waals surface area contributed by atoms with E-state index < -0.39 is 12.0 Å². The van der Waals surface area contributed by atoms with E-state index in [-0.39, 0.29) is 6.04 Å². The van der Waals surface area contributed by atoms with Crippen LogP contribution in [0, 0.1) is 0 Å². The highest BCUT2D eigenvalue weighted by Gasteiger charge is 2.35. The zero-order chi connectivity index (χ0) is 18.8. The number of hydrogen-bond acceptors (Lipinski definition) is 2. The van der Waals surface area contributed by atoms with Gasteiger partial charge in [0.1, 0.15) is 6.04 Å². The number of halogens is 1. The number of hydrogen-bond donors (Lipinski definition) is 1. The van der Waals surface area contributed by atoms with Crippen molar-refractivity contribution in [3.8, 4) is 0 Å². The predicted molar refractivity (Wildman–Crippen MR) is 112 cm³/mol. The van der Waals surface area contributed by atoms with E-state index in [0.29, 0.717) is 6.42 Å². The van der Waals surface area contributed by atoms with E-state index in [1.807, 2.05) is 18.2 Å². The van der Waals surface area contributed by atoms with E-state index in [2.05, 4.69) is 69.4 Å². The summed E-state index contributed by atoms with van der Waals surface area (Å²) in [6, 6.07) is 22.4. The van der Waals surface area contributed by atoms with Crippen molar-refractivity contribution in [1.29, 1.82) is 0 Å². The van der Waals surface area contributed by atoms with E-state index in [0.717, 1.165) is 29.4 Å². The number of benzene rings is 3. The van der Waals surface area contributed by atoms with Crippen LogP contribution in [0.25, 0.3) is 10.8 Å². The van der Waals surface area contributed by atoms with Crippen LogP contribution in [0.1, 0.15) is 36.4 Å². The Labute approximate surface area is 167 Å². The highest BCUT2D eigenvalue weighted by Crippen LogP contribution is 2.37. The molecule has 0 amide bonds. The molecule has 1 aliphatic rings. The summed E-state index contributed by atoms with van der Waals surface area (Å²) in [4.78, 5) is 14.2. The Morgan fingerprint density at radius 3 is 2.52 bits per heavy atom. The SMILES string of the molecule is O=C(O)C1CCCCN1C(c1ccc(Br)cc1)c1cccc2ccccc12. The van der Waals surface area contributed by atoms with Gasteiger partial charge in [-0.2, -0.15) is 0 Å². The van der Waals surface area contributed by atoms with Gasteiger partial charge >= 0.3 is 5.97 Å². The Kier molecular flexibility index (Phi) is 5.28. The molecular formula is C23H22BrNO2. The molecule has 3 nitrogen and oxygen atoms in total. The first kappa shape index (κ1) is 18.2. The molecule has 2 atom stereocenters. The van der Waals surface area contributed by atoms with Gasteiger partial charge in [0.05, 0.1) is 6.04 Å². The molecule has 3 aromatic rings. The third kappa shape index (κ3) is 3.64. The lowest BCUT2D eigenvalue weighted by atomic mass is 9.89. The van der Waals surface area contributed by atoms with Crippen LogP contribution in [-0.2, 0) is 4.79 Å². The van der Waals surface area contributed by atoms with Gasteiger partial charge in [-0.1, -0.05) is 76.9 Å². The summed E-state index contributed by atoms with van der Waals surface area (Å²) in [6.07, 6.45) is 2.70. The summed E-state index contributed by atoms with van der Waals surface area (Å²) >= 11 is 3.51. The van der Waals surface area contributed by atoms with Gasteiger partial charge in [0, 0.05) is 4.47 Å². The summed E-state index contributed by atoms with van der Waals surface area (Å²) in [5.41, 5.74) is 2.30. The van der Waals surface area contributed by atoms with Crippen LogP contribution in [0.5, 0.6) is 0 Å². The molecule has 1 N–H and O–H groups in total. The van der Waals surface area contributed by atoms with Crippen LogP contribution >= 0.6 is 15.9 Å². The first-order valence-electron chi connectivity index (χ1n) is 9.37. The minimum absolute atomic E-state index is 0.0781. The van der Waals surface area contributed by atoms with Gasteiger partial charge in [-0.3, -0.25) is 9.69 Å². The van der Waals surface area contributed by atoms with Crippen molar-refractivity contribution in [2.45, 2.75) is 31.3 Å². The maximum Gasteiger partial charge on any atom is 0.320 e. The molecule has 138 valence electrons. The molecular weight excluding hydrogens is 402 g/mol. The first-order chi connectivity index (χ1) is 13.1. The summed E-state index contributed by atoms with van der Waals surface area (Å²) in [6.45, 7) is 0.793. The molecule has 2 unspecified atom stereocenters. The van der Waals surface area contributed by atoms with Gasteiger partial charge < -0.3 is 5.11 Å². The third-order valence-electron chi connectivity index (χ3n) is 5.46. The minimum atomic E-state index is -0.725. The van der Waals surface area contributed by atoms with E-state index in [1.54, 1.807) is 0 Å². The van der Waals surface area contributed by atoms with Crippen LogP contribution < -0.4 is 0 Å². The van der Waals surface area contributed by atoms with Crippen LogP contribution in [0.15, 0.2) is 71.2 Å². The largest absolute Gasteiger partial charge is 0.480 e. The molecule has 3 aromatic carbocycles.